The highest BCUT2D eigenvalue weighted by molar-refractivity contribution is 6.21. The largest absolute Gasteiger partial charge is 0.460 e. The zero-order valence-electron chi connectivity index (χ0n) is 37.4. The highest BCUT2D eigenvalue weighted by atomic mass is 16.3. The standard InChI is InChI=1S/C62H48N4O/c1-2-44-60(41-31-32-55-50(34-41)46-24-10-13-28-53(46)65(55)42-21-4-3-5-22-42)63-62(64-61(44)48-27-16-20-38-17-8-9-23-45(38)48)52-36-43(37-58-59(52)49-26-12-15-30-57(49)67-58)66-54-29-14-11-25-47(54)51-33-39-18-6-7-19-40(39)35-56(51)66/h3-14,16-29,31-33,35-38,41,44-45,60H,2,15,30,34H2,1H3/t38?,41?,44-,45+,60?/m0/s1. The summed E-state index contributed by atoms with van der Waals surface area (Å²) in [5, 5.41) is 7.32. The maximum atomic E-state index is 6.95. The van der Waals surface area contributed by atoms with Crippen molar-refractivity contribution in [3.63, 3.8) is 0 Å². The normalized spacial score (nSPS) is 21.8. The number of aromatic nitrogens is 2. The second kappa shape index (κ2) is 15.1. The fourth-order valence-corrected chi connectivity index (χ4v) is 12.3. The van der Waals surface area contributed by atoms with Gasteiger partial charge in [0.2, 0.25) is 0 Å². The Hall–Kier alpha value is -7.76. The quantitative estimate of drug-likeness (QED) is 0.164. The van der Waals surface area contributed by atoms with Crippen LogP contribution in [-0.2, 0) is 12.8 Å². The molecule has 1 aliphatic heterocycles. The van der Waals surface area contributed by atoms with Crippen molar-refractivity contribution < 1.29 is 4.42 Å². The van der Waals surface area contributed by atoms with Crippen LogP contribution < -0.4 is 0 Å². The summed E-state index contributed by atoms with van der Waals surface area (Å²) in [7, 11) is 0. The lowest BCUT2D eigenvalue weighted by Gasteiger charge is -2.38. The zero-order chi connectivity index (χ0) is 44.2. The second-order valence-electron chi connectivity index (χ2n) is 18.9. The molecule has 322 valence electrons. The maximum Gasteiger partial charge on any atom is 0.156 e. The summed E-state index contributed by atoms with van der Waals surface area (Å²) in [4.78, 5) is 11.9. The first-order valence-electron chi connectivity index (χ1n) is 24.1. The van der Waals surface area contributed by atoms with E-state index < -0.39 is 0 Å². The lowest BCUT2D eigenvalue weighted by Crippen LogP contribution is -2.40. The number of aliphatic imine (C=N–C) groups is 2. The van der Waals surface area contributed by atoms with E-state index in [1.165, 1.54) is 60.5 Å². The number of aryl methyl sites for hydroxylation is 1. The molecular formula is C62H48N4O. The molecule has 5 nitrogen and oxygen atoms in total. The van der Waals surface area contributed by atoms with E-state index in [0.717, 1.165) is 76.3 Å². The fraction of sp³-hybridized carbons (Fsp3) is 0.161. The SMILES string of the molecule is CC[C@@H]1C(C2=CC=CC3C=CC=C[C@@H]23)=NC(c2cc(-n3c4ccccc4c4cc5ccccc5cc43)cc3oc4c(c23)C=CCC4)=NC1C1C=Cc2c(c3ccccc3n2-c2ccccc2)C1. The monoisotopic (exact) mass is 864 g/mol. The van der Waals surface area contributed by atoms with Crippen LogP contribution in [0.1, 0.15) is 47.9 Å². The molecule has 3 aromatic heterocycles. The van der Waals surface area contributed by atoms with Crippen LogP contribution >= 0.6 is 0 Å². The number of nitrogens with zero attached hydrogens (tertiary/aromatic N) is 4. The molecule has 0 bridgehead atoms. The van der Waals surface area contributed by atoms with Gasteiger partial charge >= 0.3 is 0 Å². The number of furan rings is 1. The number of fused-ring (bicyclic) bond motifs is 11. The molecule has 6 aromatic carbocycles. The van der Waals surface area contributed by atoms with Gasteiger partial charge in [-0.15, -0.1) is 0 Å². The summed E-state index contributed by atoms with van der Waals surface area (Å²) in [6.07, 6.45) is 29.1. The topological polar surface area (TPSA) is 47.7 Å². The van der Waals surface area contributed by atoms with Crippen molar-refractivity contribution in [2.24, 2.45) is 33.7 Å². The van der Waals surface area contributed by atoms with Gasteiger partial charge in [0.15, 0.2) is 5.84 Å². The number of hydrogen-bond acceptors (Lipinski definition) is 3. The zero-order valence-corrected chi connectivity index (χ0v) is 37.4. The van der Waals surface area contributed by atoms with Crippen molar-refractivity contribution >= 4 is 78.1 Å². The number of amidine groups is 1. The van der Waals surface area contributed by atoms with Crippen LogP contribution in [0.25, 0.3) is 78.0 Å². The molecule has 4 aliphatic carbocycles. The third-order valence-electron chi connectivity index (χ3n) is 15.3. The van der Waals surface area contributed by atoms with Crippen LogP contribution in [0.15, 0.2) is 202 Å². The number of benzene rings is 6. The maximum absolute atomic E-state index is 6.95. The molecule has 9 aromatic rings. The highest BCUT2D eigenvalue weighted by Crippen LogP contribution is 2.45. The number of allylic oxidation sites excluding steroid dienone is 9. The van der Waals surface area contributed by atoms with Crippen LogP contribution in [0.5, 0.6) is 0 Å². The van der Waals surface area contributed by atoms with Crippen LogP contribution in [0.4, 0.5) is 0 Å². The van der Waals surface area contributed by atoms with E-state index in [9.17, 15) is 0 Å². The van der Waals surface area contributed by atoms with Crippen LogP contribution in [0.3, 0.4) is 0 Å². The van der Waals surface area contributed by atoms with E-state index in [-0.39, 0.29) is 23.8 Å². The molecule has 67 heavy (non-hydrogen) atoms. The lowest BCUT2D eigenvalue weighted by molar-refractivity contribution is 0.405. The third-order valence-corrected chi connectivity index (χ3v) is 15.3. The van der Waals surface area contributed by atoms with Crippen molar-refractivity contribution in [3.8, 4) is 11.4 Å². The first-order valence-corrected chi connectivity index (χ1v) is 24.1. The number of para-hydroxylation sites is 3. The Morgan fingerprint density at radius 2 is 1.43 bits per heavy atom. The Balaban J connectivity index is 1.01. The smallest absolute Gasteiger partial charge is 0.156 e. The molecule has 5 atom stereocenters. The summed E-state index contributed by atoms with van der Waals surface area (Å²) >= 11 is 0. The van der Waals surface area contributed by atoms with Gasteiger partial charge in [-0.1, -0.05) is 147 Å². The minimum Gasteiger partial charge on any atom is -0.460 e. The summed E-state index contributed by atoms with van der Waals surface area (Å²) in [6, 6.07) is 46.5. The Labute approximate surface area is 389 Å². The predicted molar refractivity (Wildman–Crippen MR) is 279 cm³/mol. The van der Waals surface area contributed by atoms with Crippen molar-refractivity contribution in [2.75, 3.05) is 0 Å². The Morgan fingerprint density at radius 3 is 2.30 bits per heavy atom. The molecule has 14 rings (SSSR count). The van der Waals surface area contributed by atoms with Crippen molar-refractivity contribution in [3.05, 3.63) is 216 Å². The van der Waals surface area contributed by atoms with Crippen LogP contribution in [0.2, 0.25) is 0 Å². The average molecular weight is 865 g/mol. The molecule has 0 N–H and O–H groups in total. The summed E-state index contributed by atoms with van der Waals surface area (Å²) in [6.45, 7) is 2.34. The molecule has 0 radical (unpaired) electrons. The minimum atomic E-state index is -0.0549. The summed E-state index contributed by atoms with van der Waals surface area (Å²) in [5.74, 6) is 2.59. The van der Waals surface area contributed by atoms with E-state index in [1.807, 2.05) is 0 Å². The first-order chi connectivity index (χ1) is 33.2. The molecule has 0 saturated heterocycles. The molecular weight excluding hydrogens is 817 g/mol. The Kier molecular flexibility index (Phi) is 8.70. The van der Waals surface area contributed by atoms with Gasteiger partial charge in [-0.05, 0) is 89.7 Å². The van der Waals surface area contributed by atoms with Crippen molar-refractivity contribution in [2.45, 2.75) is 38.6 Å². The molecule has 5 aliphatic rings. The van der Waals surface area contributed by atoms with E-state index in [4.69, 9.17) is 14.4 Å². The Morgan fingerprint density at radius 1 is 0.672 bits per heavy atom. The van der Waals surface area contributed by atoms with Gasteiger partial charge in [-0.2, -0.15) is 0 Å². The molecule has 0 spiro atoms. The molecule has 0 fully saturated rings. The van der Waals surface area contributed by atoms with E-state index >= 15 is 0 Å². The van der Waals surface area contributed by atoms with Crippen LogP contribution in [0, 0.1) is 23.7 Å². The minimum absolute atomic E-state index is 0.0549. The Bertz CT molecular complexity index is 3800. The van der Waals surface area contributed by atoms with Crippen molar-refractivity contribution in [1.29, 1.82) is 0 Å². The van der Waals surface area contributed by atoms with Gasteiger partial charge in [0.25, 0.3) is 0 Å². The fourth-order valence-electron chi connectivity index (χ4n) is 12.3. The van der Waals surface area contributed by atoms with Gasteiger partial charge in [0.05, 0.1) is 34.0 Å². The van der Waals surface area contributed by atoms with Crippen molar-refractivity contribution in [1.82, 2.24) is 9.13 Å². The van der Waals surface area contributed by atoms with Gasteiger partial charge in [0, 0.05) is 80.2 Å². The van der Waals surface area contributed by atoms with Gasteiger partial charge in [-0.3, -0.25) is 4.99 Å². The summed E-state index contributed by atoms with van der Waals surface area (Å²) < 4.78 is 11.8. The lowest BCUT2D eigenvalue weighted by atomic mass is 9.71. The van der Waals surface area contributed by atoms with Crippen LogP contribution in [-0.4, -0.2) is 26.7 Å². The molecule has 4 heterocycles. The molecule has 0 saturated carbocycles. The van der Waals surface area contributed by atoms with E-state index in [0.29, 0.717) is 5.92 Å². The highest BCUT2D eigenvalue weighted by Gasteiger charge is 2.40. The second-order valence-corrected chi connectivity index (χ2v) is 18.9. The van der Waals surface area contributed by atoms with E-state index in [1.54, 1.807) is 0 Å². The van der Waals surface area contributed by atoms with Gasteiger partial charge in [0.1, 0.15) is 11.3 Å². The predicted octanol–water partition coefficient (Wildman–Crippen LogP) is 14.9. The number of rotatable bonds is 6. The first kappa shape index (κ1) is 38.5. The van der Waals surface area contributed by atoms with E-state index in [2.05, 4.69) is 210 Å². The average Bonchev–Trinajstić information content (AvgIpc) is 4.04. The molecule has 3 unspecified atom stereocenters. The number of hydrogen-bond donors (Lipinski definition) is 0. The molecule has 5 heteroatoms. The van der Waals surface area contributed by atoms with Gasteiger partial charge in [-0.25, -0.2) is 4.99 Å². The third kappa shape index (κ3) is 5.93. The van der Waals surface area contributed by atoms with Gasteiger partial charge < -0.3 is 13.6 Å². The summed E-state index contributed by atoms with van der Waals surface area (Å²) in [5.41, 5.74) is 14.0. The molecule has 0 amide bonds.